The first-order chi connectivity index (χ1) is 28.0. The van der Waals surface area contributed by atoms with E-state index < -0.39 is 71.2 Å². The molecule has 1 aliphatic rings. The smallest absolute Gasteiger partial charge is 0.306 e. The van der Waals surface area contributed by atoms with Crippen LogP contribution in [0.3, 0.4) is 0 Å². The van der Waals surface area contributed by atoms with Crippen molar-refractivity contribution in [3.63, 3.8) is 0 Å². The maximum Gasteiger partial charge on any atom is 0.306 e. The number of hydrogen-bond donors (Lipinski definition) is 4. The maximum absolute atomic E-state index is 12.8. The van der Waals surface area contributed by atoms with Gasteiger partial charge in [-0.25, -0.2) is 0 Å². The fourth-order valence-electron chi connectivity index (χ4n) is 7.06. The van der Waals surface area contributed by atoms with Crippen molar-refractivity contribution in [2.75, 3.05) is 19.0 Å². The van der Waals surface area contributed by atoms with Crippen LogP contribution in [0.15, 0.2) is 24.8 Å². The normalized spacial score (nSPS) is 20.3. The molecule has 58 heavy (non-hydrogen) atoms. The highest BCUT2D eigenvalue weighted by atomic mass is 32.2. The first-order valence-electron chi connectivity index (χ1n) is 22.9. The molecule has 12 nitrogen and oxygen atoms in total. The van der Waals surface area contributed by atoms with Gasteiger partial charge in [-0.05, 0) is 51.4 Å². The molecule has 340 valence electrons. The lowest BCUT2D eigenvalue weighted by Gasteiger charge is -2.40. The lowest BCUT2D eigenvalue weighted by molar-refractivity contribution is -0.297. The van der Waals surface area contributed by atoms with Crippen molar-refractivity contribution in [1.29, 1.82) is 0 Å². The van der Waals surface area contributed by atoms with Gasteiger partial charge in [0.05, 0.1) is 6.61 Å². The molecule has 0 aromatic heterocycles. The SMILES string of the molecule is C=CCCCCCCCCCCCCCCCC(=O)OC[C@H](CO[C@H]1O[C@H](CS(=O)(=O)O)[C@@H](O)C(O)C1O)OC(=O)CCCCCCC/C=C/CCCCCCCC. The Hall–Kier alpha value is -1.87. The molecule has 2 unspecified atom stereocenters. The van der Waals surface area contributed by atoms with E-state index in [-0.39, 0.29) is 19.4 Å². The summed E-state index contributed by atoms with van der Waals surface area (Å²) in [4.78, 5) is 25.4. The van der Waals surface area contributed by atoms with Crippen LogP contribution in [-0.4, -0.2) is 96.0 Å². The molecule has 1 aliphatic heterocycles. The third-order valence-electron chi connectivity index (χ3n) is 10.6. The third kappa shape index (κ3) is 30.2. The van der Waals surface area contributed by atoms with Crippen molar-refractivity contribution in [2.24, 2.45) is 0 Å². The zero-order chi connectivity index (χ0) is 42.7. The van der Waals surface area contributed by atoms with Crippen molar-refractivity contribution >= 4 is 22.1 Å². The fourth-order valence-corrected chi connectivity index (χ4v) is 7.75. The highest BCUT2D eigenvalue weighted by Crippen LogP contribution is 2.24. The molecule has 1 saturated heterocycles. The Bertz CT molecular complexity index is 1160. The summed E-state index contributed by atoms with van der Waals surface area (Å²) < 4.78 is 54.0. The number of rotatable bonds is 39. The molecular weight excluding hydrogens is 765 g/mol. The van der Waals surface area contributed by atoms with E-state index in [1.165, 1.54) is 96.3 Å². The van der Waals surface area contributed by atoms with Crippen LogP contribution < -0.4 is 0 Å². The second-order valence-electron chi connectivity index (χ2n) is 16.1. The van der Waals surface area contributed by atoms with E-state index in [4.69, 9.17) is 18.9 Å². The minimum atomic E-state index is -4.60. The average molecular weight is 847 g/mol. The van der Waals surface area contributed by atoms with Crippen molar-refractivity contribution in [3.8, 4) is 0 Å². The number of carbonyl (C=O) groups is 2. The molecule has 0 saturated carbocycles. The van der Waals surface area contributed by atoms with Gasteiger partial charge in [-0.3, -0.25) is 14.1 Å². The predicted molar refractivity (Wildman–Crippen MR) is 229 cm³/mol. The van der Waals surface area contributed by atoms with Crippen LogP contribution >= 0.6 is 0 Å². The van der Waals surface area contributed by atoms with Gasteiger partial charge in [-0.2, -0.15) is 8.42 Å². The van der Waals surface area contributed by atoms with E-state index in [0.717, 1.165) is 64.2 Å². The van der Waals surface area contributed by atoms with Crippen molar-refractivity contribution in [3.05, 3.63) is 24.8 Å². The summed E-state index contributed by atoms with van der Waals surface area (Å²) in [5.74, 6) is -1.99. The Morgan fingerprint density at radius 3 is 1.55 bits per heavy atom. The zero-order valence-corrected chi connectivity index (χ0v) is 36.8. The number of esters is 2. The number of aliphatic hydroxyl groups excluding tert-OH is 3. The van der Waals surface area contributed by atoms with E-state index in [1.54, 1.807) is 0 Å². The molecule has 0 aromatic carbocycles. The first kappa shape index (κ1) is 54.1. The van der Waals surface area contributed by atoms with Gasteiger partial charge in [0.2, 0.25) is 0 Å². The Morgan fingerprint density at radius 1 is 0.621 bits per heavy atom. The Balaban J connectivity index is 2.44. The molecule has 0 spiro atoms. The summed E-state index contributed by atoms with van der Waals surface area (Å²) in [6.45, 7) is 5.28. The molecule has 0 aliphatic carbocycles. The van der Waals surface area contributed by atoms with Gasteiger partial charge in [0.1, 0.15) is 36.8 Å². The third-order valence-corrected chi connectivity index (χ3v) is 11.4. The number of ether oxygens (including phenoxy) is 4. The molecule has 13 heteroatoms. The highest BCUT2D eigenvalue weighted by Gasteiger charge is 2.46. The van der Waals surface area contributed by atoms with Gasteiger partial charge in [0.25, 0.3) is 10.1 Å². The lowest BCUT2D eigenvalue weighted by Crippen LogP contribution is -2.60. The summed E-state index contributed by atoms with van der Waals surface area (Å²) in [5.41, 5.74) is 0. The average Bonchev–Trinajstić information content (AvgIpc) is 3.18. The Labute approximate surface area is 351 Å². The molecule has 1 fully saturated rings. The van der Waals surface area contributed by atoms with Crippen LogP contribution in [0.4, 0.5) is 0 Å². The van der Waals surface area contributed by atoms with Crippen LogP contribution in [0, 0.1) is 0 Å². The number of hydrogen-bond acceptors (Lipinski definition) is 11. The van der Waals surface area contributed by atoms with Gasteiger partial charge < -0.3 is 34.3 Å². The summed E-state index contributed by atoms with van der Waals surface area (Å²) in [6.07, 6.45) is 28.3. The second kappa shape index (κ2) is 35.8. The maximum atomic E-state index is 12.8. The van der Waals surface area contributed by atoms with Crippen molar-refractivity contribution < 1.29 is 56.8 Å². The summed E-state index contributed by atoms with van der Waals surface area (Å²) in [7, 11) is -4.60. The topological polar surface area (TPSA) is 186 Å². The quantitative estimate of drug-likeness (QED) is 0.0199. The van der Waals surface area contributed by atoms with E-state index in [0.29, 0.717) is 12.8 Å². The molecule has 0 aromatic rings. The Morgan fingerprint density at radius 2 is 1.07 bits per heavy atom. The standard InChI is InChI=1S/C45H82O12S/c1-3-5-7-9-11-13-15-17-19-21-23-25-27-29-31-33-40(46)54-35-38(36-55-45-44(50)43(49)42(48)39(57-45)37-58(51,52)53)56-41(47)34-32-30-28-26-24-22-20-18-16-14-12-10-8-6-4-2/h3,18,20,38-39,42-45,48-50H,1,4-17,19,21-37H2,2H3,(H,51,52,53)/b20-18+/t38-,39-,42-,43?,44?,45+/m1/s1. The van der Waals surface area contributed by atoms with Gasteiger partial charge in [-0.1, -0.05) is 147 Å². The molecule has 0 amide bonds. The fraction of sp³-hybridized carbons (Fsp3) is 0.867. The molecule has 1 heterocycles. The van der Waals surface area contributed by atoms with Crippen LogP contribution in [0.25, 0.3) is 0 Å². The summed E-state index contributed by atoms with van der Waals surface area (Å²) in [5, 5.41) is 30.9. The monoisotopic (exact) mass is 847 g/mol. The van der Waals surface area contributed by atoms with E-state index in [2.05, 4.69) is 25.7 Å². The van der Waals surface area contributed by atoms with Crippen LogP contribution in [-0.2, 0) is 38.7 Å². The van der Waals surface area contributed by atoms with E-state index in [9.17, 15) is 37.9 Å². The molecule has 0 bridgehead atoms. The van der Waals surface area contributed by atoms with Gasteiger partial charge in [-0.15, -0.1) is 6.58 Å². The minimum Gasteiger partial charge on any atom is -0.462 e. The minimum absolute atomic E-state index is 0.156. The molecule has 1 rings (SSSR count). The molecule has 4 N–H and O–H groups in total. The van der Waals surface area contributed by atoms with Crippen LogP contribution in [0.5, 0.6) is 0 Å². The van der Waals surface area contributed by atoms with Crippen LogP contribution in [0.2, 0.25) is 0 Å². The number of carbonyl (C=O) groups excluding carboxylic acids is 2. The van der Waals surface area contributed by atoms with Gasteiger partial charge in [0, 0.05) is 12.8 Å². The highest BCUT2D eigenvalue weighted by molar-refractivity contribution is 7.85. The van der Waals surface area contributed by atoms with Gasteiger partial charge in [0.15, 0.2) is 12.4 Å². The van der Waals surface area contributed by atoms with Crippen LogP contribution in [0.1, 0.15) is 193 Å². The summed E-state index contributed by atoms with van der Waals surface area (Å²) in [6, 6.07) is 0. The van der Waals surface area contributed by atoms with E-state index >= 15 is 0 Å². The number of aliphatic hydroxyl groups is 3. The largest absolute Gasteiger partial charge is 0.462 e. The Kier molecular flexibility index (Phi) is 33.5. The molecule has 6 atom stereocenters. The summed E-state index contributed by atoms with van der Waals surface area (Å²) >= 11 is 0. The van der Waals surface area contributed by atoms with E-state index in [1.807, 2.05) is 6.08 Å². The number of unbranched alkanes of at least 4 members (excludes halogenated alkanes) is 24. The van der Waals surface area contributed by atoms with Gasteiger partial charge >= 0.3 is 11.9 Å². The molecule has 0 radical (unpaired) electrons. The first-order valence-corrected chi connectivity index (χ1v) is 24.5. The zero-order valence-electron chi connectivity index (χ0n) is 36.0. The predicted octanol–water partition coefficient (Wildman–Crippen LogP) is 9.23. The van der Waals surface area contributed by atoms with Crippen molar-refractivity contribution in [2.45, 2.75) is 230 Å². The van der Waals surface area contributed by atoms with Crippen molar-refractivity contribution in [1.82, 2.24) is 0 Å². The number of allylic oxidation sites excluding steroid dienone is 3. The second-order valence-corrected chi connectivity index (χ2v) is 17.6. The lowest BCUT2D eigenvalue weighted by atomic mass is 10.00. The molecular formula is C45H82O12S.